The molecule has 0 bridgehead atoms. The van der Waals surface area contributed by atoms with E-state index in [0.29, 0.717) is 5.92 Å². The van der Waals surface area contributed by atoms with Gasteiger partial charge in [0, 0.05) is 16.8 Å². The van der Waals surface area contributed by atoms with Crippen molar-refractivity contribution in [3.05, 3.63) is 35.5 Å². The molecule has 84 valence electrons. The smallest absolute Gasteiger partial charge is 0.0432 e. The van der Waals surface area contributed by atoms with Crippen molar-refractivity contribution in [2.75, 3.05) is 0 Å². The SMILES string of the molecule is C=CSc1cnc(C(C)C)cc1C.CC. The van der Waals surface area contributed by atoms with Crippen LogP contribution in [-0.4, -0.2) is 4.98 Å². The maximum atomic E-state index is 4.39. The van der Waals surface area contributed by atoms with Crippen molar-refractivity contribution in [2.45, 2.75) is 45.4 Å². The van der Waals surface area contributed by atoms with Crippen LogP contribution in [0.25, 0.3) is 0 Å². The van der Waals surface area contributed by atoms with E-state index in [1.807, 2.05) is 25.5 Å². The van der Waals surface area contributed by atoms with Gasteiger partial charge in [0.15, 0.2) is 0 Å². The third-order valence-electron chi connectivity index (χ3n) is 1.89. The Hall–Kier alpha value is -0.760. The molecule has 0 aliphatic rings. The first-order valence-corrected chi connectivity index (χ1v) is 6.27. The fourth-order valence-electron chi connectivity index (χ4n) is 1.09. The van der Waals surface area contributed by atoms with E-state index in [0.717, 1.165) is 5.69 Å². The Bertz CT molecular complexity index is 305. The molecule has 1 rings (SSSR count). The predicted octanol–water partition coefficient (Wildman–Crippen LogP) is 4.78. The van der Waals surface area contributed by atoms with Crippen LogP contribution >= 0.6 is 11.8 Å². The molecule has 0 aliphatic heterocycles. The molecule has 0 radical (unpaired) electrons. The number of hydrogen-bond acceptors (Lipinski definition) is 2. The van der Waals surface area contributed by atoms with Gasteiger partial charge < -0.3 is 0 Å². The highest BCUT2D eigenvalue weighted by atomic mass is 32.2. The van der Waals surface area contributed by atoms with Gasteiger partial charge in [-0.2, -0.15) is 0 Å². The van der Waals surface area contributed by atoms with Crippen molar-refractivity contribution in [2.24, 2.45) is 0 Å². The number of hydrogen-bond donors (Lipinski definition) is 0. The van der Waals surface area contributed by atoms with Crippen LogP contribution in [0.3, 0.4) is 0 Å². The lowest BCUT2D eigenvalue weighted by Gasteiger charge is -2.07. The van der Waals surface area contributed by atoms with Gasteiger partial charge >= 0.3 is 0 Å². The van der Waals surface area contributed by atoms with Gasteiger partial charge in [-0.05, 0) is 29.9 Å². The second-order valence-electron chi connectivity index (χ2n) is 3.31. The molecule has 0 fully saturated rings. The minimum atomic E-state index is 0.501. The van der Waals surface area contributed by atoms with Gasteiger partial charge in [0.2, 0.25) is 0 Å². The Kier molecular flexibility index (Phi) is 7.14. The number of aromatic nitrogens is 1. The number of aryl methyl sites for hydroxylation is 1. The first-order valence-electron chi connectivity index (χ1n) is 5.39. The summed E-state index contributed by atoms with van der Waals surface area (Å²) in [7, 11) is 0. The highest BCUT2D eigenvalue weighted by molar-refractivity contribution is 8.02. The Labute approximate surface area is 98.0 Å². The first kappa shape index (κ1) is 14.2. The lowest BCUT2D eigenvalue weighted by molar-refractivity contribution is 0.814. The Balaban J connectivity index is 0.000000921. The van der Waals surface area contributed by atoms with Gasteiger partial charge in [-0.1, -0.05) is 46.0 Å². The van der Waals surface area contributed by atoms with E-state index in [1.54, 1.807) is 11.8 Å². The summed E-state index contributed by atoms with van der Waals surface area (Å²) in [6.07, 6.45) is 1.93. The van der Waals surface area contributed by atoms with Crippen molar-refractivity contribution >= 4 is 11.8 Å². The van der Waals surface area contributed by atoms with E-state index < -0.39 is 0 Å². The maximum absolute atomic E-state index is 4.39. The largest absolute Gasteiger partial charge is 0.260 e. The molecule has 1 aromatic rings. The fraction of sp³-hybridized carbons (Fsp3) is 0.462. The van der Waals surface area contributed by atoms with Gasteiger partial charge in [0.1, 0.15) is 0 Å². The van der Waals surface area contributed by atoms with E-state index in [4.69, 9.17) is 0 Å². The molecule has 0 atom stereocenters. The Morgan fingerprint density at radius 2 is 2.00 bits per heavy atom. The van der Waals surface area contributed by atoms with E-state index in [1.165, 1.54) is 10.5 Å². The van der Waals surface area contributed by atoms with Crippen LogP contribution in [0.5, 0.6) is 0 Å². The summed E-state index contributed by atoms with van der Waals surface area (Å²) in [5.74, 6) is 0.501. The summed E-state index contributed by atoms with van der Waals surface area (Å²) in [6, 6.07) is 2.15. The zero-order chi connectivity index (χ0) is 11.8. The zero-order valence-electron chi connectivity index (χ0n) is 10.4. The molecular formula is C13H21NS. The number of nitrogens with zero attached hydrogens (tertiary/aromatic N) is 1. The summed E-state index contributed by atoms with van der Waals surface area (Å²) in [6.45, 7) is 14.1. The molecule has 0 aromatic carbocycles. The van der Waals surface area contributed by atoms with Crippen LogP contribution in [0.15, 0.2) is 29.1 Å². The minimum Gasteiger partial charge on any atom is -0.260 e. The third kappa shape index (κ3) is 4.52. The van der Waals surface area contributed by atoms with Crippen molar-refractivity contribution in [1.82, 2.24) is 4.98 Å². The van der Waals surface area contributed by atoms with Crippen molar-refractivity contribution in [3.8, 4) is 0 Å². The average Bonchev–Trinajstić information content (AvgIpc) is 2.24. The molecule has 2 heteroatoms. The third-order valence-corrected chi connectivity index (χ3v) is 2.73. The van der Waals surface area contributed by atoms with Gasteiger partial charge in [0.25, 0.3) is 0 Å². The van der Waals surface area contributed by atoms with Crippen LogP contribution in [0.4, 0.5) is 0 Å². The monoisotopic (exact) mass is 223 g/mol. The molecule has 1 nitrogen and oxygen atoms in total. The van der Waals surface area contributed by atoms with E-state index >= 15 is 0 Å². The van der Waals surface area contributed by atoms with Gasteiger partial charge in [-0.25, -0.2) is 0 Å². The Morgan fingerprint density at radius 1 is 1.40 bits per heavy atom. The molecule has 0 spiro atoms. The van der Waals surface area contributed by atoms with Crippen LogP contribution in [0, 0.1) is 6.92 Å². The number of thioether (sulfide) groups is 1. The van der Waals surface area contributed by atoms with E-state index in [9.17, 15) is 0 Å². The molecule has 15 heavy (non-hydrogen) atoms. The quantitative estimate of drug-likeness (QED) is 0.684. The van der Waals surface area contributed by atoms with Crippen LogP contribution < -0.4 is 0 Å². The normalized spacial score (nSPS) is 9.47. The second kappa shape index (κ2) is 7.52. The number of rotatable bonds is 3. The number of pyridine rings is 1. The van der Waals surface area contributed by atoms with Crippen LogP contribution in [0.2, 0.25) is 0 Å². The lowest BCUT2D eigenvalue weighted by atomic mass is 10.1. The summed E-state index contributed by atoms with van der Waals surface area (Å²) in [5.41, 5.74) is 2.44. The highest BCUT2D eigenvalue weighted by Crippen LogP contribution is 2.24. The minimum absolute atomic E-state index is 0.501. The van der Waals surface area contributed by atoms with Gasteiger partial charge in [-0.3, -0.25) is 4.98 Å². The highest BCUT2D eigenvalue weighted by Gasteiger charge is 2.03. The van der Waals surface area contributed by atoms with E-state index in [-0.39, 0.29) is 0 Å². The van der Waals surface area contributed by atoms with Crippen LogP contribution in [-0.2, 0) is 0 Å². The fourth-order valence-corrected chi connectivity index (χ4v) is 1.63. The molecule has 0 unspecified atom stereocenters. The van der Waals surface area contributed by atoms with Crippen molar-refractivity contribution in [3.63, 3.8) is 0 Å². The first-order chi connectivity index (χ1) is 7.15. The molecule has 1 aromatic heterocycles. The molecule has 0 aliphatic carbocycles. The van der Waals surface area contributed by atoms with Crippen LogP contribution in [0.1, 0.15) is 44.9 Å². The zero-order valence-corrected chi connectivity index (χ0v) is 11.2. The average molecular weight is 223 g/mol. The van der Waals surface area contributed by atoms with Gasteiger partial charge in [0.05, 0.1) is 0 Å². The summed E-state index contributed by atoms with van der Waals surface area (Å²) in [5, 5.41) is 1.83. The topological polar surface area (TPSA) is 12.9 Å². The maximum Gasteiger partial charge on any atom is 0.0432 e. The molecule has 1 heterocycles. The molecule has 0 amide bonds. The molecular weight excluding hydrogens is 202 g/mol. The molecule has 0 saturated heterocycles. The second-order valence-corrected chi connectivity index (χ2v) is 4.32. The van der Waals surface area contributed by atoms with Gasteiger partial charge in [-0.15, -0.1) is 0 Å². The summed E-state index contributed by atoms with van der Waals surface area (Å²) >= 11 is 1.62. The van der Waals surface area contributed by atoms with E-state index in [2.05, 4.69) is 38.4 Å². The summed E-state index contributed by atoms with van der Waals surface area (Å²) < 4.78 is 0. The molecule has 0 N–H and O–H groups in total. The lowest BCUT2D eigenvalue weighted by Crippen LogP contribution is -1.93. The predicted molar refractivity (Wildman–Crippen MR) is 70.5 cm³/mol. The molecule has 0 saturated carbocycles. The Morgan fingerprint density at radius 3 is 2.40 bits per heavy atom. The summed E-state index contributed by atoms with van der Waals surface area (Å²) in [4.78, 5) is 5.58. The van der Waals surface area contributed by atoms with Crippen molar-refractivity contribution < 1.29 is 0 Å². The van der Waals surface area contributed by atoms with Crippen molar-refractivity contribution in [1.29, 1.82) is 0 Å². The standard InChI is InChI=1S/C11H15NS.C2H6/c1-5-13-11-7-12-10(8(2)3)6-9(11)4;1-2/h5-8H,1H2,2-4H3;1-2H3.